The first-order valence-corrected chi connectivity index (χ1v) is 14.4. The van der Waals surface area contributed by atoms with Crippen LogP contribution in [0.3, 0.4) is 0 Å². The standard InChI is InChI=1S/C28H30Cl2F2N6O4/c29-19-13-17(4-5-20(19)31)35-26-18-14-22(36-27(39)23-3-1-7-38(23)28(40)25(30)32)24(15-21(18)33-16-34-26)42-10-2-6-37-8-11-41-12-9-37/h4-5,13-16,23,25H,1-3,6-12H2,(H,36,39)(H,33,34,35)/t23-,25?/m1/s1. The van der Waals surface area contributed by atoms with Gasteiger partial charge in [-0.05, 0) is 43.5 Å². The van der Waals surface area contributed by atoms with E-state index < -0.39 is 29.3 Å². The molecular formula is C28H30Cl2F2N6O4. The molecule has 0 bridgehead atoms. The van der Waals surface area contributed by atoms with Gasteiger partial charge in [0.1, 0.15) is 29.8 Å². The molecule has 2 amide bonds. The first kappa shape index (κ1) is 30.1. The third-order valence-electron chi connectivity index (χ3n) is 7.18. The number of amides is 2. The van der Waals surface area contributed by atoms with Gasteiger partial charge in [-0.3, -0.25) is 14.5 Å². The van der Waals surface area contributed by atoms with E-state index in [1.165, 1.54) is 24.5 Å². The molecule has 42 heavy (non-hydrogen) atoms. The van der Waals surface area contributed by atoms with Crippen molar-refractivity contribution in [2.24, 2.45) is 0 Å². The summed E-state index contributed by atoms with van der Waals surface area (Å²) in [6.07, 6.45) is 3.02. The molecule has 2 fully saturated rings. The van der Waals surface area contributed by atoms with Gasteiger partial charge >= 0.3 is 0 Å². The van der Waals surface area contributed by atoms with Crippen molar-refractivity contribution >= 4 is 63.1 Å². The van der Waals surface area contributed by atoms with Crippen LogP contribution in [0, 0.1) is 5.82 Å². The lowest BCUT2D eigenvalue weighted by Crippen LogP contribution is -2.45. The maximum atomic E-state index is 13.7. The minimum absolute atomic E-state index is 0.0535. The molecule has 1 unspecified atom stereocenters. The van der Waals surface area contributed by atoms with Crippen molar-refractivity contribution < 1.29 is 27.8 Å². The normalized spacial score (nSPS) is 18.2. The van der Waals surface area contributed by atoms with E-state index >= 15 is 0 Å². The number of nitrogens with zero attached hydrogens (tertiary/aromatic N) is 4. The fourth-order valence-corrected chi connectivity index (χ4v) is 5.36. The van der Waals surface area contributed by atoms with Crippen LogP contribution in [0.1, 0.15) is 19.3 Å². The Morgan fingerprint density at radius 3 is 2.74 bits per heavy atom. The van der Waals surface area contributed by atoms with E-state index in [1.54, 1.807) is 12.1 Å². The van der Waals surface area contributed by atoms with Crippen molar-refractivity contribution in [3.8, 4) is 5.75 Å². The molecule has 2 aromatic carbocycles. The fraction of sp³-hybridized carbons (Fsp3) is 0.429. The minimum atomic E-state index is -2.23. The number of hydrogen-bond acceptors (Lipinski definition) is 8. The number of hydrogen-bond donors (Lipinski definition) is 2. The summed E-state index contributed by atoms with van der Waals surface area (Å²) in [6.45, 7) is 4.57. The highest BCUT2D eigenvalue weighted by molar-refractivity contribution is 6.31. The molecule has 2 saturated heterocycles. The van der Waals surface area contributed by atoms with Gasteiger partial charge in [-0.25, -0.2) is 18.7 Å². The van der Waals surface area contributed by atoms with Crippen LogP contribution >= 0.6 is 23.2 Å². The zero-order chi connectivity index (χ0) is 29.6. The van der Waals surface area contributed by atoms with E-state index in [4.69, 9.17) is 32.7 Å². The summed E-state index contributed by atoms with van der Waals surface area (Å²) in [5.74, 6) is -1.22. The van der Waals surface area contributed by atoms with E-state index in [9.17, 15) is 18.4 Å². The van der Waals surface area contributed by atoms with Crippen LogP contribution in [-0.4, -0.2) is 89.3 Å². The zero-order valence-corrected chi connectivity index (χ0v) is 24.1. The van der Waals surface area contributed by atoms with Crippen molar-refractivity contribution in [1.82, 2.24) is 19.8 Å². The van der Waals surface area contributed by atoms with Crippen LogP contribution in [0.4, 0.5) is 26.0 Å². The summed E-state index contributed by atoms with van der Waals surface area (Å²) >= 11 is 11.3. The van der Waals surface area contributed by atoms with Gasteiger partial charge in [0.15, 0.2) is 0 Å². The molecule has 2 N–H and O–H groups in total. The predicted octanol–water partition coefficient (Wildman–Crippen LogP) is 4.73. The maximum Gasteiger partial charge on any atom is 0.273 e. The van der Waals surface area contributed by atoms with Crippen molar-refractivity contribution in [3.63, 3.8) is 0 Å². The number of nitrogens with one attached hydrogen (secondary N) is 2. The fourth-order valence-electron chi connectivity index (χ4n) is 5.05. The molecule has 0 spiro atoms. The van der Waals surface area contributed by atoms with Gasteiger partial charge in [-0.2, -0.15) is 0 Å². The molecule has 5 rings (SSSR count). The average molecular weight is 623 g/mol. The second kappa shape index (κ2) is 13.8. The molecule has 2 aliphatic heterocycles. The van der Waals surface area contributed by atoms with Crippen LogP contribution in [0.25, 0.3) is 10.9 Å². The van der Waals surface area contributed by atoms with E-state index in [0.717, 1.165) is 31.0 Å². The lowest BCUT2D eigenvalue weighted by atomic mass is 10.1. The first-order chi connectivity index (χ1) is 20.3. The van der Waals surface area contributed by atoms with Crippen molar-refractivity contribution in [1.29, 1.82) is 0 Å². The highest BCUT2D eigenvalue weighted by Gasteiger charge is 2.37. The average Bonchev–Trinajstić information content (AvgIpc) is 3.48. The van der Waals surface area contributed by atoms with Gasteiger partial charge in [0, 0.05) is 43.3 Å². The lowest BCUT2D eigenvalue weighted by Gasteiger charge is -2.26. The SMILES string of the molecule is O=C(Nc1cc2c(Nc3ccc(F)c(Cl)c3)ncnc2cc1OCCCN1CCOCC1)[C@H]1CCCN1C(=O)C(F)Cl. The number of ether oxygens (including phenoxy) is 2. The number of carbonyl (C=O) groups is 2. The first-order valence-electron chi connectivity index (χ1n) is 13.6. The molecule has 2 aliphatic rings. The Bertz CT molecular complexity index is 1440. The maximum absolute atomic E-state index is 13.7. The number of morpholine rings is 1. The number of carbonyl (C=O) groups excluding carboxylic acids is 2. The molecule has 3 aromatic rings. The van der Waals surface area contributed by atoms with Gasteiger partial charge in [-0.1, -0.05) is 23.2 Å². The topological polar surface area (TPSA) is 109 Å². The summed E-state index contributed by atoms with van der Waals surface area (Å²) in [5, 5.41) is 6.46. The summed E-state index contributed by atoms with van der Waals surface area (Å²) in [6, 6.07) is 6.66. The summed E-state index contributed by atoms with van der Waals surface area (Å²) in [4.78, 5) is 37.8. The quantitative estimate of drug-likeness (QED) is 0.247. The van der Waals surface area contributed by atoms with Crippen LogP contribution in [-0.2, 0) is 14.3 Å². The number of likely N-dealkylation sites (tertiary alicyclic amines) is 1. The Balaban J connectivity index is 1.41. The zero-order valence-electron chi connectivity index (χ0n) is 22.6. The summed E-state index contributed by atoms with van der Waals surface area (Å²) in [5.41, 5.74) is -0.870. The summed E-state index contributed by atoms with van der Waals surface area (Å²) in [7, 11) is 0. The molecule has 14 heteroatoms. The molecule has 1 aromatic heterocycles. The molecule has 0 aliphatic carbocycles. The van der Waals surface area contributed by atoms with E-state index in [-0.39, 0.29) is 11.6 Å². The number of anilines is 3. The second-order valence-corrected chi connectivity index (χ2v) is 10.8. The van der Waals surface area contributed by atoms with E-state index in [1.807, 2.05) is 0 Å². The number of halogens is 4. The van der Waals surface area contributed by atoms with Crippen molar-refractivity contribution in [2.45, 2.75) is 30.9 Å². The number of rotatable bonds is 10. The van der Waals surface area contributed by atoms with Crippen LogP contribution in [0.2, 0.25) is 5.02 Å². The number of alkyl halides is 2. The third-order valence-corrected chi connectivity index (χ3v) is 7.66. The van der Waals surface area contributed by atoms with Crippen LogP contribution < -0.4 is 15.4 Å². The Morgan fingerprint density at radius 2 is 1.98 bits per heavy atom. The van der Waals surface area contributed by atoms with Gasteiger partial charge < -0.3 is 25.0 Å². The van der Waals surface area contributed by atoms with Crippen LogP contribution in [0.5, 0.6) is 5.75 Å². The Morgan fingerprint density at radius 1 is 1.17 bits per heavy atom. The molecule has 0 radical (unpaired) electrons. The summed E-state index contributed by atoms with van der Waals surface area (Å²) < 4.78 is 38.8. The number of benzene rings is 2. The monoisotopic (exact) mass is 622 g/mol. The lowest BCUT2D eigenvalue weighted by molar-refractivity contribution is -0.138. The van der Waals surface area contributed by atoms with Crippen LogP contribution in [0.15, 0.2) is 36.7 Å². The molecule has 3 heterocycles. The smallest absolute Gasteiger partial charge is 0.273 e. The Kier molecular flexibility index (Phi) is 9.88. The molecule has 0 saturated carbocycles. The third kappa shape index (κ3) is 7.17. The van der Waals surface area contributed by atoms with Crippen molar-refractivity contribution in [2.75, 3.05) is 56.6 Å². The molecule has 10 nitrogen and oxygen atoms in total. The number of aromatic nitrogens is 2. The molecule has 224 valence electrons. The van der Waals surface area contributed by atoms with Gasteiger partial charge in [0.05, 0.1) is 36.0 Å². The highest BCUT2D eigenvalue weighted by Crippen LogP contribution is 2.35. The van der Waals surface area contributed by atoms with Crippen molar-refractivity contribution in [3.05, 3.63) is 47.5 Å². The Labute approximate surface area is 251 Å². The molecule has 2 atom stereocenters. The largest absolute Gasteiger partial charge is 0.491 e. The molecular weight excluding hydrogens is 593 g/mol. The Hall–Kier alpha value is -3.32. The minimum Gasteiger partial charge on any atom is -0.491 e. The predicted molar refractivity (Wildman–Crippen MR) is 156 cm³/mol. The van der Waals surface area contributed by atoms with E-state index in [2.05, 4.69) is 25.5 Å². The van der Waals surface area contributed by atoms with Gasteiger partial charge in [0.25, 0.3) is 11.5 Å². The van der Waals surface area contributed by atoms with E-state index in [0.29, 0.717) is 66.5 Å². The van der Waals surface area contributed by atoms with Gasteiger partial charge in [-0.15, -0.1) is 0 Å². The highest BCUT2D eigenvalue weighted by atomic mass is 35.5. The number of fused-ring (bicyclic) bond motifs is 1. The van der Waals surface area contributed by atoms with Gasteiger partial charge in [0.2, 0.25) is 5.91 Å². The second-order valence-electron chi connectivity index (χ2n) is 9.98.